The molecule has 1 aromatic rings. The fourth-order valence-electron chi connectivity index (χ4n) is 2.29. The van der Waals surface area contributed by atoms with Crippen molar-refractivity contribution in [3.05, 3.63) is 24.0 Å². The number of aryl methyl sites for hydroxylation is 1. The Morgan fingerprint density at radius 3 is 2.90 bits per heavy atom. The molecule has 0 aromatic carbocycles. The number of hydrogen-bond donors (Lipinski definition) is 0. The van der Waals surface area contributed by atoms with Crippen LogP contribution in [0.5, 0.6) is 5.75 Å². The minimum atomic E-state index is -0.446. The first-order chi connectivity index (χ1) is 9.85. The van der Waals surface area contributed by atoms with Crippen LogP contribution >= 0.6 is 0 Å². The van der Waals surface area contributed by atoms with Crippen molar-refractivity contribution in [2.24, 2.45) is 5.92 Å². The van der Waals surface area contributed by atoms with Crippen LogP contribution < -0.4 is 4.74 Å². The van der Waals surface area contributed by atoms with Gasteiger partial charge in [0, 0.05) is 25.2 Å². The highest BCUT2D eigenvalue weighted by Crippen LogP contribution is 2.21. The van der Waals surface area contributed by atoms with E-state index in [1.54, 1.807) is 11.1 Å². The van der Waals surface area contributed by atoms with Crippen molar-refractivity contribution in [2.75, 3.05) is 19.7 Å². The van der Waals surface area contributed by atoms with Gasteiger partial charge in [-0.25, -0.2) is 4.79 Å². The molecule has 116 valence electrons. The maximum Gasteiger partial charge on any atom is 0.410 e. The minimum absolute atomic E-state index is 0.234. The monoisotopic (exact) mass is 292 g/mol. The Hall–Kier alpha value is -1.78. The van der Waals surface area contributed by atoms with Crippen LogP contribution in [0.1, 0.15) is 32.9 Å². The summed E-state index contributed by atoms with van der Waals surface area (Å²) in [5.74, 6) is 1.16. The van der Waals surface area contributed by atoms with E-state index in [-0.39, 0.29) is 6.09 Å². The lowest BCUT2D eigenvalue weighted by Gasteiger charge is -2.24. The summed E-state index contributed by atoms with van der Waals surface area (Å²) < 4.78 is 11.2. The number of carbonyl (C=O) groups is 1. The number of likely N-dealkylation sites (tertiary alicyclic amines) is 1. The van der Waals surface area contributed by atoms with Crippen LogP contribution in [0.25, 0.3) is 0 Å². The molecular formula is C16H24N2O3. The molecule has 1 fully saturated rings. The summed E-state index contributed by atoms with van der Waals surface area (Å²) in [7, 11) is 0. The fraction of sp³-hybridized carbons (Fsp3) is 0.625. The van der Waals surface area contributed by atoms with E-state index in [4.69, 9.17) is 9.47 Å². The van der Waals surface area contributed by atoms with Gasteiger partial charge in [0.1, 0.15) is 11.4 Å². The van der Waals surface area contributed by atoms with Gasteiger partial charge in [-0.15, -0.1) is 0 Å². The second-order valence-corrected chi connectivity index (χ2v) is 6.48. The van der Waals surface area contributed by atoms with Crippen molar-refractivity contribution >= 4 is 6.09 Å². The van der Waals surface area contributed by atoms with Crippen LogP contribution in [0.3, 0.4) is 0 Å². The van der Waals surface area contributed by atoms with Crippen molar-refractivity contribution in [1.82, 2.24) is 9.88 Å². The molecule has 1 amide bonds. The number of amides is 1. The number of carbonyl (C=O) groups excluding carboxylic acids is 1. The predicted molar refractivity (Wildman–Crippen MR) is 80.4 cm³/mol. The molecule has 0 radical (unpaired) electrons. The third-order valence-electron chi connectivity index (χ3n) is 3.37. The first-order valence-electron chi connectivity index (χ1n) is 7.37. The van der Waals surface area contributed by atoms with Gasteiger partial charge in [0.05, 0.1) is 12.3 Å². The van der Waals surface area contributed by atoms with Gasteiger partial charge >= 0.3 is 6.09 Å². The molecule has 0 saturated carbocycles. The summed E-state index contributed by atoms with van der Waals surface area (Å²) in [5.41, 5.74) is 0.442. The van der Waals surface area contributed by atoms with Crippen LogP contribution in [0.4, 0.5) is 4.79 Å². The van der Waals surface area contributed by atoms with Crippen molar-refractivity contribution in [1.29, 1.82) is 0 Å². The summed E-state index contributed by atoms with van der Waals surface area (Å²) in [6.45, 7) is 9.60. The summed E-state index contributed by atoms with van der Waals surface area (Å²) in [6, 6.07) is 3.78. The molecule has 1 aromatic heterocycles. The summed E-state index contributed by atoms with van der Waals surface area (Å²) in [5, 5.41) is 0. The Balaban J connectivity index is 1.80. The molecule has 0 spiro atoms. The van der Waals surface area contributed by atoms with Gasteiger partial charge in [-0.2, -0.15) is 0 Å². The number of rotatable bonds is 3. The van der Waals surface area contributed by atoms with Gasteiger partial charge in [0.2, 0.25) is 0 Å². The normalized spacial score (nSPS) is 18.7. The van der Waals surface area contributed by atoms with E-state index < -0.39 is 5.60 Å². The number of aromatic nitrogens is 1. The lowest BCUT2D eigenvalue weighted by atomic mass is 10.1. The highest BCUT2D eigenvalue weighted by Gasteiger charge is 2.30. The van der Waals surface area contributed by atoms with E-state index >= 15 is 0 Å². The van der Waals surface area contributed by atoms with Crippen molar-refractivity contribution in [3.8, 4) is 5.75 Å². The summed E-state index contributed by atoms with van der Waals surface area (Å²) >= 11 is 0. The Kier molecular flexibility index (Phi) is 4.70. The third-order valence-corrected chi connectivity index (χ3v) is 3.37. The maximum atomic E-state index is 12.0. The second kappa shape index (κ2) is 6.33. The molecule has 5 heteroatoms. The molecule has 0 unspecified atom stereocenters. The van der Waals surface area contributed by atoms with Gasteiger partial charge in [0.25, 0.3) is 0 Å². The topological polar surface area (TPSA) is 51.7 Å². The molecule has 0 bridgehead atoms. The molecule has 2 heterocycles. The Morgan fingerprint density at radius 2 is 2.24 bits per heavy atom. The molecule has 1 aliphatic rings. The standard InChI is InChI=1S/C16H24N2O3/c1-12-14(6-5-8-17-12)20-11-13-7-9-18(10-13)15(19)21-16(2,3)4/h5-6,8,13H,7,9-11H2,1-4H3/t13-/m1/s1. The zero-order valence-corrected chi connectivity index (χ0v) is 13.3. The van der Waals surface area contributed by atoms with Gasteiger partial charge in [-0.1, -0.05) is 0 Å². The molecular weight excluding hydrogens is 268 g/mol. The predicted octanol–water partition coefficient (Wildman–Crippen LogP) is 3.03. The Labute approximate surface area is 126 Å². The average molecular weight is 292 g/mol. The lowest BCUT2D eigenvalue weighted by Crippen LogP contribution is -2.35. The van der Waals surface area contributed by atoms with Gasteiger partial charge in [0.15, 0.2) is 0 Å². The Bertz CT molecular complexity index is 497. The number of hydrogen-bond acceptors (Lipinski definition) is 4. The summed E-state index contributed by atoms with van der Waals surface area (Å²) in [4.78, 5) is 17.9. The Morgan fingerprint density at radius 1 is 1.48 bits per heavy atom. The van der Waals surface area contributed by atoms with E-state index in [2.05, 4.69) is 4.98 Å². The number of ether oxygens (including phenoxy) is 2. The molecule has 1 saturated heterocycles. The third kappa shape index (κ3) is 4.62. The molecule has 0 aliphatic carbocycles. The largest absolute Gasteiger partial charge is 0.491 e. The van der Waals surface area contributed by atoms with Crippen LogP contribution in [-0.4, -0.2) is 41.3 Å². The highest BCUT2D eigenvalue weighted by atomic mass is 16.6. The van der Waals surface area contributed by atoms with Crippen LogP contribution in [0.2, 0.25) is 0 Å². The zero-order chi connectivity index (χ0) is 15.5. The number of nitrogens with zero attached hydrogens (tertiary/aromatic N) is 2. The molecule has 2 rings (SSSR count). The van der Waals surface area contributed by atoms with E-state index in [9.17, 15) is 4.79 Å². The van der Waals surface area contributed by atoms with Crippen LogP contribution in [0.15, 0.2) is 18.3 Å². The first kappa shape index (κ1) is 15.6. The SMILES string of the molecule is Cc1ncccc1OC[C@@H]1CCN(C(=O)OC(C)(C)C)C1. The van der Waals surface area contributed by atoms with E-state index in [1.807, 2.05) is 39.8 Å². The van der Waals surface area contributed by atoms with E-state index in [0.29, 0.717) is 19.1 Å². The van der Waals surface area contributed by atoms with Gasteiger partial charge in [-0.3, -0.25) is 4.98 Å². The highest BCUT2D eigenvalue weighted by molar-refractivity contribution is 5.68. The molecule has 21 heavy (non-hydrogen) atoms. The number of pyridine rings is 1. The first-order valence-corrected chi connectivity index (χ1v) is 7.37. The molecule has 1 aliphatic heterocycles. The van der Waals surface area contributed by atoms with E-state index in [1.165, 1.54) is 0 Å². The minimum Gasteiger partial charge on any atom is -0.491 e. The molecule has 5 nitrogen and oxygen atoms in total. The van der Waals surface area contributed by atoms with Crippen molar-refractivity contribution < 1.29 is 14.3 Å². The lowest BCUT2D eigenvalue weighted by molar-refractivity contribution is 0.0284. The quantitative estimate of drug-likeness (QED) is 0.859. The van der Waals surface area contributed by atoms with Crippen LogP contribution in [-0.2, 0) is 4.74 Å². The van der Waals surface area contributed by atoms with Gasteiger partial charge in [-0.05, 0) is 46.2 Å². The summed E-state index contributed by atoms with van der Waals surface area (Å²) in [6.07, 6.45) is 2.46. The van der Waals surface area contributed by atoms with Crippen molar-refractivity contribution in [2.45, 2.75) is 39.7 Å². The molecule has 1 atom stereocenters. The van der Waals surface area contributed by atoms with Crippen LogP contribution in [0, 0.1) is 12.8 Å². The second-order valence-electron chi connectivity index (χ2n) is 6.48. The van der Waals surface area contributed by atoms with Crippen molar-refractivity contribution in [3.63, 3.8) is 0 Å². The molecule has 0 N–H and O–H groups in total. The smallest absolute Gasteiger partial charge is 0.410 e. The average Bonchev–Trinajstić information content (AvgIpc) is 2.85. The fourth-order valence-corrected chi connectivity index (χ4v) is 2.29. The maximum absolute atomic E-state index is 12.0. The zero-order valence-electron chi connectivity index (χ0n) is 13.3. The van der Waals surface area contributed by atoms with E-state index in [0.717, 1.165) is 24.4 Å². The van der Waals surface area contributed by atoms with Gasteiger partial charge < -0.3 is 14.4 Å².